The minimum Gasteiger partial charge on any atom is -0.497 e. The van der Waals surface area contributed by atoms with Gasteiger partial charge in [0.2, 0.25) is 0 Å². The van der Waals surface area contributed by atoms with Crippen molar-refractivity contribution in [2.45, 2.75) is 44.9 Å². The monoisotopic (exact) mass is 549 g/mol. The van der Waals surface area contributed by atoms with E-state index in [1.54, 1.807) is 7.11 Å². The second kappa shape index (κ2) is 12.2. The first-order valence-electron chi connectivity index (χ1n) is 15.1. The molecule has 0 unspecified atom stereocenters. The van der Waals surface area contributed by atoms with Crippen molar-refractivity contribution in [3.63, 3.8) is 0 Å². The van der Waals surface area contributed by atoms with Gasteiger partial charge in [-0.2, -0.15) is 0 Å². The molecule has 2 aliphatic carbocycles. The third kappa shape index (κ3) is 6.97. The molecule has 1 aliphatic heterocycles. The Morgan fingerprint density at radius 2 is 1.59 bits per heavy atom. The zero-order chi connectivity index (χ0) is 26.8. The van der Waals surface area contributed by atoms with Crippen molar-refractivity contribution in [3.8, 4) is 5.75 Å². The molecule has 2 aromatic carbocycles. The highest BCUT2D eigenvalue weighted by Gasteiger charge is 2.29. The topological polar surface area (TPSA) is 57.9 Å². The van der Waals surface area contributed by atoms with Crippen LogP contribution in [0.5, 0.6) is 5.75 Å². The van der Waals surface area contributed by atoms with Gasteiger partial charge in [0.1, 0.15) is 5.75 Å². The van der Waals surface area contributed by atoms with E-state index < -0.39 is 0 Å². The van der Waals surface area contributed by atoms with Gasteiger partial charge in [0.05, 0.1) is 23.8 Å². The normalized spacial score (nSPS) is 18.9. The second-order valence-electron chi connectivity index (χ2n) is 12.2. The van der Waals surface area contributed by atoms with Crippen molar-refractivity contribution in [2.24, 2.45) is 11.8 Å². The molecule has 1 saturated heterocycles. The molecule has 0 atom stereocenters. The Hall–Kier alpha value is -2.12. The number of fused-ring (bicyclic) bond motifs is 2. The highest BCUT2D eigenvalue weighted by Crippen LogP contribution is 2.35. The molecule has 39 heavy (non-hydrogen) atoms. The fourth-order valence-corrected chi connectivity index (χ4v) is 6.40. The predicted octanol–water partition coefficient (Wildman–Crippen LogP) is 5.69. The first-order chi connectivity index (χ1) is 19.1. The Kier molecular flexibility index (Phi) is 8.45. The Morgan fingerprint density at radius 3 is 2.23 bits per heavy atom. The van der Waals surface area contributed by atoms with E-state index in [-0.39, 0.29) is 0 Å². The van der Waals surface area contributed by atoms with Crippen LogP contribution in [0.25, 0.3) is 21.8 Å². The number of pyridine rings is 1. The van der Waals surface area contributed by atoms with Gasteiger partial charge in [0, 0.05) is 55.1 Å². The minimum atomic E-state index is 0.678. The van der Waals surface area contributed by atoms with Crippen LogP contribution in [0.4, 0.5) is 5.69 Å². The molecule has 7 heteroatoms. The van der Waals surface area contributed by atoms with Crippen LogP contribution in [0, 0.1) is 11.8 Å². The second-order valence-corrected chi connectivity index (χ2v) is 12.6. The summed E-state index contributed by atoms with van der Waals surface area (Å²) in [5.74, 6) is 2.85. The number of piperazine rings is 1. The van der Waals surface area contributed by atoms with Crippen molar-refractivity contribution in [1.82, 2.24) is 19.7 Å². The lowest BCUT2D eigenvalue weighted by molar-refractivity contribution is 0.125. The van der Waals surface area contributed by atoms with Crippen LogP contribution in [0.3, 0.4) is 0 Å². The van der Waals surface area contributed by atoms with Gasteiger partial charge in [-0.25, -0.2) is 4.98 Å². The number of methoxy groups -OCH3 is 1. The maximum Gasteiger partial charge on any atom is 0.119 e. The molecule has 3 aromatic rings. The standard InChI is InChI=1S/C32H44ClN5O/c1-39-27-18-25(32-29(20-27)31(34)28-10-9-26(33)19-30(28)35-32)4-2-11-36-14-16-37(17-15-36)12-3-13-38(21-23-5-6-23)22-24-7-8-24/h9-10,18-20,23-24H,2-8,11-17,21-22H2,1H3,(H2,34,35). The predicted molar refractivity (Wildman–Crippen MR) is 163 cm³/mol. The highest BCUT2D eigenvalue weighted by molar-refractivity contribution is 6.31. The molecule has 1 aromatic heterocycles. The number of aromatic nitrogens is 1. The van der Waals surface area contributed by atoms with Crippen molar-refractivity contribution < 1.29 is 4.74 Å². The number of hydrogen-bond acceptors (Lipinski definition) is 6. The number of ether oxygens (including phenoxy) is 1. The molecule has 2 N–H and O–H groups in total. The van der Waals surface area contributed by atoms with E-state index >= 15 is 0 Å². The molecule has 6 rings (SSSR count). The number of nitrogens with two attached hydrogens (primary N) is 1. The Labute approximate surface area is 238 Å². The molecule has 0 radical (unpaired) electrons. The zero-order valence-electron chi connectivity index (χ0n) is 23.5. The largest absolute Gasteiger partial charge is 0.497 e. The first kappa shape index (κ1) is 27.1. The number of nitrogen functional groups attached to an aromatic ring is 1. The van der Waals surface area contributed by atoms with E-state index in [0.717, 1.165) is 64.5 Å². The highest BCUT2D eigenvalue weighted by atomic mass is 35.5. The van der Waals surface area contributed by atoms with Crippen molar-refractivity contribution in [3.05, 3.63) is 40.9 Å². The molecule has 6 nitrogen and oxygen atoms in total. The summed E-state index contributed by atoms with van der Waals surface area (Å²) < 4.78 is 5.62. The van der Waals surface area contributed by atoms with E-state index in [1.807, 2.05) is 24.3 Å². The van der Waals surface area contributed by atoms with Gasteiger partial charge < -0.3 is 25.2 Å². The molecular formula is C32H44ClN5O. The molecule has 210 valence electrons. The summed E-state index contributed by atoms with van der Waals surface area (Å²) >= 11 is 6.26. The van der Waals surface area contributed by atoms with Gasteiger partial charge >= 0.3 is 0 Å². The average molecular weight is 550 g/mol. The smallest absolute Gasteiger partial charge is 0.119 e. The number of benzene rings is 2. The van der Waals surface area contributed by atoms with E-state index in [2.05, 4.69) is 20.8 Å². The summed E-state index contributed by atoms with van der Waals surface area (Å²) in [6.45, 7) is 11.1. The molecule has 0 amide bonds. The van der Waals surface area contributed by atoms with Crippen molar-refractivity contribution in [1.29, 1.82) is 0 Å². The summed E-state index contributed by atoms with van der Waals surface area (Å²) in [6.07, 6.45) is 9.22. The summed E-state index contributed by atoms with van der Waals surface area (Å²) in [6, 6.07) is 9.85. The first-order valence-corrected chi connectivity index (χ1v) is 15.5. The van der Waals surface area contributed by atoms with Crippen LogP contribution in [-0.4, -0.2) is 85.7 Å². The molecule has 2 heterocycles. The Balaban J connectivity index is 0.997. The van der Waals surface area contributed by atoms with Crippen molar-refractivity contribution in [2.75, 3.05) is 71.7 Å². The van der Waals surface area contributed by atoms with E-state index in [0.29, 0.717) is 5.02 Å². The van der Waals surface area contributed by atoms with Gasteiger partial charge in [-0.05, 0) is 112 Å². The zero-order valence-corrected chi connectivity index (χ0v) is 24.3. The van der Waals surface area contributed by atoms with E-state index in [4.69, 9.17) is 27.1 Å². The number of nitrogens with zero attached hydrogens (tertiary/aromatic N) is 4. The van der Waals surface area contributed by atoms with Gasteiger partial charge in [-0.1, -0.05) is 11.6 Å². The third-order valence-electron chi connectivity index (χ3n) is 8.93. The summed E-state index contributed by atoms with van der Waals surface area (Å²) in [4.78, 5) is 13.1. The number of halogens is 1. The van der Waals surface area contributed by atoms with Crippen LogP contribution in [0.15, 0.2) is 30.3 Å². The molecule has 2 saturated carbocycles. The number of hydrogen-bond donors (Lipinski definition) is 1. The number of anilines is 1. The van der Waals surface area contributed by atoms with Crippen LogP contribution in [0.2, 0.25) is 5.02 Å². The summed E-state index contributed by atoms with van der Waals surface area (Å²) in [5.41, 5.74) is 10.3. The van der Waals surface area contributed by atoms with Gasteiger partial charge in [-0.3, -0.25) is 0 Å². The lowest BCUT2D eigenvalue weighted by atomic mass is 10.0. The minimum absolute atomic E-state index is 0.678. The summed E-state index contributed by atoms with van der Waals surface area (Å²) in [5, 5.41) is 2.57. The average Bonchev–Trinajstić information content (AvgIpc) is 3.87. The van der Waals surface area contributed by atoms with Crippen LogP contribution in [-0.2, 0) is 6.42 Å². The van der Waals surface area contributed by atoms with Gasteiger partial charge in [0.15, 0.2) is 0 Å². The summed E-state index contributed by atoms with van der Waals surface area (Å²) in [7, 11) is 1.71. The Bertz CT molecular complexity index is 1270. The fraction of sp³-hybridized carbons (Fsp3) is 0.594. The SMILES string of the molecule is COc1cc(CCCN2CCN(CCCN(CC3CC3)CC3CC3)CC2)c2nc3cc(Cl)ccc3c(N)c2c1. The Morgan fingerprint density at radius 1 is 0.923 bits per heavy atom. The molecule has 3 fully saturated rings. The molecular weight excluding hydrogens is 506 g/mol. The number of rotatable bonds is 13. The lowest BCUT2D eigenvalue weighted by Gasteiger charge is -2.35. The quantitative estimate of drug-likeness (QED) is 0.276. The van der Waals surface area contributed by atoms with Crippen LogP contribution in [0.1, 0.15) is 44.1 Å². The molecule has 0 bridgehead atoms. The van der Waals surface area contributed by atoms with E-state index in [1.165, 1.54) is 90.0 Å². The van der Waals surface area contributed by atoms with Crippen LogP contribution < -0.4 is 10.5 Å². The maximum absolute atomic E-state index is 6.60. The third-order valence-corrected chi connectivity index (χ3v) is 9.17. The van der Waals surface area contributed by atoms with Crippen LogP contribution >= 0.6 is 11.6 Å². The van der Waals surface area contributed by atoms with E-state index in [9.17, 15) is 0 Å². The lowest BCUT2D eigenvalue weighted by Crippen LogP contribution is -2.47. The molecule has 3 aliphatic rings. The fourth-order valence-electron chi connectivity index (χ4n) is 6.24. The van der Waals surface area contributed by atoms with Gasteiger partial charge in [0.25, 0.3) is 0 Å². The van der Waals surface area contributed by atoms with Gasteiger partial charge in [-0.15, -0.1) is 0 Å². The molecule has 0 spiro atoms. The van der Waals surface area contributed by atoms with Crippen molar-refractivity contribution >= 4 is 39.1 Å². The number of aryl methyl sites for hydroxylation is 1. The maximum atomic E-state index is 6.60.